The zero-order chi connectivity index (χ0) is 16.6. The molecule has 0 bridgehead atoms. The van der Waals surface area contributed by atoms with Gasteiger partial charge in [-0.2, -0.15) is 0 Å². The predicted octanol–water partition coefficient (Wildman–Crippen LogP) is 2.00. The van der Waals surface area contributed by atoms with Crippen molar-refractivity contribution in [3.05, 3.63) is 28.8 Å². The number of anilines is 1. The first-order valence-corrected chi connectivity index (χ1v) is 8.38. The Morgan fingerprint density at radius 2 is 1.87 bits per heavy atom. The van der Waals surface area contributed by atoms with Gasteiger partial charge >= 0.3 is 0 Å². The summed E-state index contributed by atoms with van der Waals surface area (Å²) in [6, 6.07) is 5.37. The Hall–Kier alpha value is -1.59. The lowest BCUT2D eigenvalue weighted by atomic mass is 10.2. The van der Waals surface area contributed by atoms with Crippen molar-refractivity contribution in [2.75, 3.05) is 38.5 Å². The lowest BCUT2D eigenvalue weighted by Gasteiger charge is -2.32. The smallest absolute Gasteiger partial charge is 0.228 e. The SMILES string of the molecule is Cc1cc(Cl)ccc1NC(=O)C1CC1C(=O)N1CCN(C)CC1. The summed E-state index contributed by atoms with van der Waals surface area (Å²) in [6.45, 7) is 5.23. The average molecular weight is 336 g/mol. The maximum absolute atomic E-state index is 12.5. The molecule has 1 saturated heterocycles. The number of carbonyl (C=O) groups is 2. The molecule has 5 nitrogen and oxygen atoms in total. The number of nitrogens with zero attached hydrogens (tertiary/aromatic N) is 2. The number of hydrogen-bond acceptors (Lipinski definition) is 3. The Balaban J connectivity index is 1.55. The largest absolute Gasteiger partial charge is 0.340 e. The second-order valence-electron chi connectivity index (χ2n) is 6.53. The molecule has 6 heteroatoms. The monoisotopic (exact) mass is 335 g/mol. The van der Waals surface area contributed by atoms with Crippen LogP contribution in [0.5, 0.6) is 0 Å². The fourth-order valence-electron chi connectivity index (χ4n) is 3.01. The van der Waals surface area contributed by atoms with E-state index in [1.165, 1.54) is 0 Å². The molecule has 0 aromatic heterocycles. The highest BCUT2D eigenvalue weighted by Gasteiger charge is 2.49. The first-order chi connectivity index (χ1) is 11.0. The Kier molecular flexibility index (Phi) is 4.60. The molecule has 2 amide bonds. The molecular formula is C17H22ClN3O2. The lowest BCUT2D eigenvalue weighted by molar-refractivity contribution is -0.135. The topological polar surface area (TPSA) is 52.7 Å². The van der Waals surface area contributed by atoms with E-state index in [1.54, 1.807) is 12.1 Å². The average Bonchev–Trinajstić information content (AvgIpc) is 3.31. The van der Waals surface area contributed by atoms with Crippen LogP contribution in [0.25, 0.3) is 0 Å². The van der Waals surface area contributed by atoms with Gasteiger partial charge in [0.2, 0.25) is 11.8 Å². The van der Waals surface area contributed by atoms with Gasteiger partial charge in [-0.25, -0.2) is 0 Å². The highest BCUT2D eigenvalue weighted by molar-refractivity contribution is 6.30. The number of likely N-dealkylation sites (N-methyl/N-ethyl adjacent to an activating group) is 1. The van der Waals surface area contributed by atoms with E-state index in [0.29, 0.717) is 11.4 Å². The Morgan fingerprint density at radius 3 is 2.52 bits per heavy atom. The number of aryl methyl sites for hydroxylation is 1. The van der Waals surface area contributed by atoms with Crippen molar-refractivity contribution in [2.45, 2.75) is 13.3 Å². The van der Waals surface area contributed by atoms with Crippen LogP contribution in [-0.4, -0.2) is 54.8 Å². The molecule has 2 atom stereocenters. The van der Waals surface area contributed by atoms with Crippen molar-refractivity contribution in [2.24, 2.45) is 11.8 Å². The van der Waals surface area contributed by atoms with E-state index < -0.39 is 0 Å². The third-order valence-corrected chi connectivity index (χ3v) is 4.94. The van der Waals surface area contributed by atoms with Gasteiger partial charge in [0, 0.05) is 36.9 Å². The van der Waals surface area contributed by atoms with E-state index in [2.05, 4.69) is 17.3 Å². The quantitative estimate of drug-likeness (QED) is 0.919. The number of halogens is 1. The number of rotatable bonds is 3. The zero-order valence-electron chi connectivity index (χ0n) is 13.5. The highest BCUT2D eigenvalue weighted by atomic mass is 35.5. The Bertz CT molecular complexity index is 626. The van der Waals surface area contributed by atoms with Crippen molar-refractivity contribution in [3.8, 4) is 0 Å². The standard InChI is InChI=1S/C17H22ClN3O2/c1-11-9-12(18)3-4-15(11)19-16(22)13-10-14(13)17(23)21-7-5-20(2)6-8-21/h3-4,9,13-14H,5-8,10H2,1-2H3,(H,19,22). The Morgan fingerprint density at radius 1 is 1.17 bits per heavy atom. The maximum Gasteiger partial charge on any atom is 0.228 e. The first-order valence-electron chi connectivity index (χ1n) is 8.00. The summed E-state index contributed by atoms with van der Waals surface area (Å²) in [5.74, 6) is -0.280. The van der Waals surface area contributed by atoms with E-state index in [4.69, 9.17) is 11.6 Å². The van der Waals surface area contributed by atoms with E-state index in [-0.39, 0.29) is 23.7 Å². The van der Waals surface area contributed by atoms with Crippen LogP contribution in [0.15, 0.2) is 18.2 Å². The van der Waals surface area contributed by atoms with Crippen LogP contribution >= 0.6 is 11.6 Å². The molecule has 0 radical (unpaired) electrons. The summed E-state index contributed by atoms with van der Waals surface area (Å²) in [7, 11) is 2.06. The number of amides is 2. The minimum Gasteiger partial charge on any atom is -0.340 e. The van der Waals surface area contributed by atoms with Crippen molar-refractivity contribution >= 4 is 29.1 Å². The van der Waals surface area contributed by atoms with E-state index in [1.807, 2.05) is 17.9 Å². The molecule has 3 rings (SSSR count). The lowest BCUT2D eigenvalue weighted by Crippen LogP contribution is -2.48. The third-order valence-electron chi connectivity index (χ3n) is 4.71. The molecule has 1 heterocycles. The molecule has 1 aromatic rings. The maximum atomic E-state index is 12.5. The molecule has 23 heavy (non-hydrogen) atoms. The second-order valence-corrected chi connectivity index (χ2v) is 6.96. The molecule has 1 N–H and O–H groups in total. The minimum absolute atomic E-state index is 0.0668. The number of hydrogen-bond donors (Lipinski definition) is 1. The molecule has 0 spiro atoms. The molecule has 2 aliphatic rings. The van der Waals surface area contributed by atoms with Gasteiger partial charge in [-0.1, -0.05) is 11.6 Å². The predicted molar refractivity (Wildman–Crippen MR) is 90.5 cm³/mol. The van der Waals surface area contributed by atoms with E-state index in [0.717, 1.165) is 37.4 Å². The van der Waals surface area contributed by atoms with E-state index in [9.17, 15) is 9.59 Å². The number of nitrogens with one attached hydrogen (secondary N) is 1. The van der Waals surface area contributed by atoms with Gasteiger partial charge in [0.1, 0.15) is 0 Å². The fourth-order valence-corrected chi connectivity index (χ4v) is 3.24. The normalized spacial score (nSPS) is 24.4. The van der Waals surface area contributed by atoms with Crippen LogP contribution in [0, 0.1) is 18.8 Å². The minimum atomic E-state index is -0.197. The first kappa shape index (κ1) is 16.3. The molecule has 1 aromatic carbocycles. The van der Waals surface area contributed by atoms with E-state index >= 15 is 0 Å². The number of benzene rings is 1. The van der Waals surface area contributed by atoms with Gasteiger partial charge in [0.05, 0.1) is 11.8 Å². The third kappa shape index (κ3) is 3.67. The van der Waals surface area contributed by atoms with Gasteiger partial charge in [-0.3, -0.25) is 9.59 Å². The molecule has 1 saturated carbocycles. The second kappa shape index (κ2) is 6.49. The van der Waals surface area contributed by atoms with Crippen molar-refractivity contribution in [1.29, 1.82) is 0 Å². The molecule has 1 aliphatic heterocycles. The highest BCUT2D eigenvalue weighted by Crippen LogP contribution is 2.41. The molecule has 124 valence electrons. The molecule has 2 fully saturated rings. The van der Waals surface area contributed by atoms with Gasteiger partial charge in [0.25, 0.3) is 0 Å². The fraction of sp³-hybridized carbons (Fsp3) is 0.529. The van der Waals surface area contributed by atoms with Gasteiger partial charge < -0.3 is 15.1 Å². The summed E-state index contributed by atoms with van der Waals surface area (Å²) in [5.41, 5.74) is 1.69. The van der Waals surface area contributed by atoms with Crippen LogP contribution in [0.2, 0.25) is 5.02 Å². The van der Waals surface area contributed by atoms with Crippen LogP contribution in [0.3, 0.4) is 0 Å². The van der Waals surface area contributed by atoms with Gasteiger partial charge in [-0.15, -0.1) is 0 Å². The summed E-state index contributed by atoms with van der Waals surface area (Å²) in [4.78, 5) is 28.9. The Labute approximate surface area is 141 Å². The van der Waals surface area contributed by atoms with Crippen LogP contribution in [0.1, 0.15) is 12.0 Å². The van der Waals surface area contributed by atoms with Gasteiger partial charge in [0.15, 0.2) is 0 Å². The summed E-state index contributed by atoms with van der Waals surface area (Å²) in [5, 5.41) is 3.57. The summed E-state index contributed by atoms with van der Waals surface area (Å²) < 4.78 is 0. The number of carbonyl (C=O) groups excluding carboxylic acids is 2. The van der Waals surface area contributed by atoms with Crippen molar-refractivity contribution in [1.82, 2.24) is 9.80 Å². The summed E-state index contributed by atoms with van der Waals surface area (Å²) >= 11 is 5.92. The molecule has 1 aliphatic carbocycles. The molecule has 2 unspecified atom stereocenters. The van der Waals surface area contributed by atoms with Crippen molar-refractivity contribution in [3.63, 3.8) is 0 Å². The van der Waals surface area contributed by atoms with Crippen LogP contribution in [0.4, 0.5) is 5.69 Å². The van der Waals surface area contributed by atoms with Crippen LogP contribution in [-0.2, 0) is 9.59 Å². The van der Waals surface area contributed by atoms with Gasteiger partial charge in [-0.05, 0) is 44.2 Å². The van der Waals surface area contributed by atoms with Crippen molar-refractivity contribution < 1.29 is 9.59 Å². The molecular weight excluding hydrogens is 314 g/mol. The number of piperazine rings is 1. The zero-order valence-corrected chi connectivity index (χ0v) is 14.3. The summed E-state index contributed by atoms with van der Waals surface area (Å²) in [6.07, 6.45) is 0.656. The van der Waals surface area contributed by atoms with Crippen LogP contribution < -0.4 is 5.32 Å².